The van der Waals surface area contributed by atoms with Gasteiger partial charge in [-0.05, 0) is 19.1 Å². The van der Waals surface area contributed by atoms with Gasteiger partial charge in [0, 0.05) is 11.9 Å². The Labute approximate surface area is 119 Å². The third kappa shape index (κ3) is 4.70. The first-order chi connectivity index (χ1) is 8.72. The predicted octanol–water partition coefficient (Wildman–Crippen LogP) is 1.38. The second-order valence-corrected chi connectivity index (χ2v) is 6.10. The van der Waals surface area contributed by atoms with Gasteiger partial charge < -0.3 is 20.4 Å². The molecule has 0 radical (unpaired) electrons. The molecular formula is C11H15ClN2O4S. The molecule has 1 atom stereocenters. The highest BCUT2D eigenvalue weighted by Crippen LogP contribution is 2.22. The molecule has 0 aliphatic heterocycles. The van der Waals surface area contributed by atoms with E-state index in [1.807, 2.05) is 6.07 Å². The van der Waals surface area contributed by atoms with Crippen molar-refractivity contribution < 1.29 is 19.8 Å². The zero-order valence-corrected chi connectivity index (χ0v) is 12.1. The van der Waals surface area contributed by atoms with Gasteiger partial charge in [0.15, 0.2) is 5.60 Å². The number of aliphatic carboxylic acids is 1. The summed E-state index contributed by atoms with van der Waals surface area (Å²) in [7, 11) is 1.57. The highest BCUT2D eigenvalue weighted by atomic mass is 35.5. The van der Waals surface area contributed by atoms with Gasteiger partial charge in [-0.1, -0.05) is 11.6 Å². The number of hydrogen-bond donors (Lipinski definition) is 3. The fraction of sp³-hybridized carbons (Fsp3) is 0.455. The van der Waals surface area contributed by atoms with E-state index in [2.05, 4.69) is 5.32 Å². The third-order valence-corrected chi connectivity index (χ3v) is 3.63. The van der Waals surface area contributed by atoms with Crippen LogP contribution in [-0.4, -0.2) is 46.3 Å². The van der Waals surface area contributed by atoms with Crippen molar-refractivity contribution in [2.75, 3.05) is 13.6 Å². The SMILES string of the molecule is CN(Cc1ccc(Cl)s1)C(=O)NCC(C)(O)C(=O)O. The highest BCUT2D eigenvalue weighted by molar-refractivity contribution is 7.16. The molecule has 106 valence electrons. The van der Waals surface area contributed by atoms with Crippen LogP contribution in [-0.2, 0) is 11.3 Å². The van der Waals surface area contributed by atoms with Gasteiger partial charge in [0.25, 0.3) is 0 Å². The summed E-state index contributed by atoms with van der Waals surface area (Å²) in [5.41, 5.74) is -1.98. The number of hydrogen-bond acceptors (Lipinski definition) is 4. The van der Waals surface area contributed by atoms with Crippen LogP contribution in [0.15, 0.2) is 12.1 Å². The minimum absolute atomic E-state index is 0.360. The minimum Gasteiger partial charge on any atom is -0.479 e. The van der Waals surface area contributed by atoms with Crippen LogP contribution in [0.1, 0.15) is 11.8 Å². The minimum atomic E-state index is -1.98. The van der Waals surface area contributed by atoms with E-state index in [0.717, 1.165) is 11.8 Å². The zero-order chi connectivity index (χ0) is 14.6. The summed E-state index contributed by atoms with van der Waals surface area (Å²) in [4.78, 5) is 24.7. The van der Waals surface area contributed by atoms with Crippen molar-refractivity contribution in [1.29, 1.82) is 0 Å². The molecule has 1 heterocycles. The van der Waals surface area contributed by atoms with Gasteiger partial charge >= 0.3 is 12.0 Å². The van der Waals surface area contributed by atoms with Crippen LogP contribution < -0.4 is 5.32 Å². The first-order valence-corrected chi connectivity index (χ1v) is 6.61. The quantitative estimate of drug-likeness (QED) is 0.766. The van der Waals surface area contributed by atoms with E-state index < -0.39 is 17.6 Å². The maximum atomic E-state index is 11.7. The Kier molecular flexibility index (Phi) is 5.16. The maximum absolute atomic E-state index is 11.7. The molecule has 1 aromatic rings. The van der Waals surface area contributed by atoms with Crippen LogP contribution in [0, 0.1) is 0 Å². The van der Waals surface area contributed by atoms with E-state index in [1.54, 1.807) is 13.1 Å². The highest BCUT2D eigenvalue weighted by Gasteiger charge is 2.30. The molecule has 2 amide bonds. The lowest BCUT2D eigenvalue weighted by Gasteiger charge is -2.22. The predicted molar refractivity (Wildman–Crippen MR) is 72.5 cm³/mol. The topological polar surface area (TPSA) is 89.9 Å². The van der Waals surface area contributed by atoms with Crippen LogP contribution >= 0.6 is 22.9 Å². The van der Waals surface area contributed by atoms with Gasteiger partial charge in [-0.2, -0.15) is 0 Å². The number of amides is 2. The molecule has 0 fully saturated rings. The number of urea groups is 1. The molecule has 8 heteroatoms. The molecule has 0 aromatic carbocycles. The molecule has 0 saturated heterocycles. The number of carbonyl (C=O) groups is 2. The molecule has 1 aromatic heterocycles. The average Bonchev–Trinajstić information content (AvgIpc) is 2.71. The van der Waals surface area contributed by atoms with Crippen molar-refractivity contribution in [1.82, 2.24) is 10.2 Å². The number of carboxylic acids is 1. The summed E-state index contributed by atoms with van der Waals surface area (Å²) in [6.07, 6.45) is 0. The van der Waals surface area contributed by atoms with E-state index in [9.17, 15) is 14.7 Å². The summed E-state index contributed by atoms with van der Waals surface area (Å²) >= 11 is 7.14. The first kappa shape index (κ1) is 15.7. The van der Waals surface area contributed by atoms with Crippen LogP contribution in [0.25, 0.3) is 0 Å². The number of thiophene rings is 1. The maximum Gasteiger partial charge on any atom is 0.337 e. The van der Waals surface area contributed by atoms with Crippen molar-refractivity contribution in [3.05, 3.63) is 21.3 Å². The average molecular weight is 307 g/mol. The van der Waals surface area contributed by atoms with Crippen molar-refractivity contribution in [2.45, 2.75) is 19.1 Å². The Bertz CT molecular complexity index is 475. The number of carboxylic acid groups (broad SMARTS) is 1. The number of nitrogens with zero attached hydrogens (tertiary/aromatic N) is 1. The molecule has 0 aliphatic carbocycles. The summed E-state index contributed by atoms with van der Waals surface area (Å²) in [5, 5.41) is 20.5. The molecule has 0 bridgehead atoms. The fourth-order valence-electron chi connectivity index (χ4n) is 1.20. The largest absolute Gasteiger partial charge is 0.479 e. The summed E-state index contributed by atoms with van der Waals surface area (Å²) in [6.45, 7) is 1.11. The standard InChI is InChI=1S/C11H15ClN2O4S/c1-11(18,9(15)16)6-13-10(17)14(2)5-7-3-4-8(12)19-7/h3-4,18H,5-6H2,1-2H3,(H,13,17)(H,15,16). The molecule has 3 N–H and O–H groups in total. The lowest BCUT2D eigenvalue weighted by atomic mass is 10.1. The van der Waals surface area contributed by atoms with E-state index in [1.165, 1.54) is 16.2 Å². The van der Waals surface area contributed by atoms with Gasteiger partial charge in [0.1, 0.15) is 0 Å². The smallest absolute Gasteiger partial charge is 0.337 e. The molecule has 1 unspecified atom stereocenters. The van der Waals surface area contributed by atoms with Gasteiger partial charge in [-0.15, -0.1) is 11.3 Å². The summed E-state index contributed by atoms with van der Waals surface area (Å²) < 4.78 is 0.637. The van der Waals surface area contributed by atoms with Crippen LogP contribution in [0.5, 0.6) is 0 Å². The van der Waals surface area contributed by atoms with Gasteiger partial charge in [0.05, 0.1) is 17.4 Å². The summed E-state index contributed by atoms with van der Waals surface area (Å²) in [5.74, 6) is -1.39. The number of nitrogens with one attached hydrogen (secondary N) is 1. The van der Waals surface area contributed by atoms with Gasteiger partial charge in [-0.25, -0.2) is 9.59 Å². The lowest BCUT2D eigenvalue weighted by Crippen LogP contribution is -2.49. The Morgan fingerprint density at radius 2 is 2.16 bits per heavy atom. The monoisotopic (exact) mass is 306 g/mol. The molecule has 0 aliphatic rings. The summed E-state index contributed by atoms with van der Waals surface area (Å²) in [6, 6.07) is 3.08. The molecule has 19 heavy (non-hydrogen) atoms. The molecule has 1 rings (SSSR count). The Morgan fingerprint density at radius 1 is 1.53 bits per heavy atom. The zero-order valence-electron chi connectivity index (χ0n) is 10.5. The Balaban J connectivity index is 2.47. The van der Waals surface area contributed by atoms with Gasteiger partial charge in [-0.3, -0.25) is 0 Å². The third-order valence-electron chi connectivity index (χ3n) is 2.41. The van der Waals surface area contributed by atoms with Crippen molar-refractivity contribution in [2.24, 2.45) is 0 Å². The van der Waals surface area contributed by atoms with Crippen LogP contribution in [0.3, 0.4) is 0 Å². The number of halogens is 1. The second kappa shape index (κ2) is 6.23. The number of aliphatic hydroxyl groups is 1. The molecule has 0 spiro atoms. The van der Waals surface area contributed by atoms with E-state index in [0.29, 0.717) is 10.9 Å². The normalized spacial score (nSPS) is 13.7. The van der Waals surface area contributed by atoms with Crippen LogP contribution in [0.4, 0.5) is 4.79 Å². The van der Waals surface area contributed by atoms with Crippen molar-refractivity contribution in [3.63, 3.8) is 0 Å². The van der Waals surface area contributed by atoms with E-state index in [4.69, 9.17) is 16.7 Å². The molecular weight excluding hydrogens is 292 g/mol. The number of carbonyl (C=O) groups excluding carboxylic acids is 1. The fourth-order valence-corrected chi connectivity index (χ4v) is 2.34. The van der Waals surface area contributed by atoms with E-state index in [-0.39, 0.29) is 6.54 Å². The lowest BCUT2D eigenvalue weighted by molar-refractivity contribution is -0.155. The van der Waals surface area contributed by atoms with Gasteiger partial charge in [0.2, 0.25) is 0 Å². The number of rotatable bonds is 5. The molecule has 0 saturated carbocycles. The first-order valence-electron chi connectivity index (χ1n) is 5.41. The van der Waals surface area contributed by atoms with Crippen molar-refractivity contribution >= 4 is 34.9 Å². The molecule has 6 nitrogen and oxygen atoms in total. The van der Waals surface area contributed by atoms with E-state index >= 15 is 0 Å². The van der Waals surface area contributed by atoms with Crippen LogP contribution in [0.2, 0.25) is 4.34 Å². The second-order valence-electron chi connectivity index (χ2n) is 4.30. The van der Waals surface area contributed by atoms with Crippen molar-refractivity contribution in [3.8, 4) is 0 Å². The Hall–Kier alpha value is -1.31. The Morgan fingerprint density at radius 3 is 2.63 bits per heavy atom.